The number of thioether (sulfide) groups is 1. The molecule has 174 valence electrons. The summed E-state index contributed by atoms with van der Waals surface area (Å²) in [4.78, 5) is 17.4. The SMILES string of the molecule is O=C(CCSc1ccc2c(/C=C/c3ccccn3)n[nH]c2c1)NCc1cccc(C(F)(F)F)c1. The highest BCUT2D eigenvalue weighted by atomic mass is 32.2. The molecule has 4 aromatic rings. The second-order valence-electron chi connectivity index (χ2n) is 7.48. The fraction of sp³-hybridized carbons (Fsp3) is 0.160. The lowest BCUT2D eigenvalue weighted by molar-refractivity contribution is -0.137. The van der Waals surface area contributed by atoms with Crippen LogP contribution in [0.1, 0.15) is 28.9 Å². The summed E-state index contributed by atoms with van der Waals surface area (Å²) in [7, 11) is 0. The van der Waals surface area contributed by atoms with Crippen molar-refractivity contribution in [1.29, 1.82) is 0 Å². The average Bonchev–Trinajstić information content (AvgIpc) is 3.24. The first-order chi connectivity index (χ1) is 16.4. The Bertz CT molecular complexity index is 1300. The van der Waals surface area contributed by atoms with Crippen LogP contribution in [-0.4, -0.2) is 26.8 Å². The number of carbonyl (C=O) groups excluding carboxylic acids is 1. The zero-order valence-corrected chi connectivity index (χ0v) is 18.8. The summed E-state index contributed by atoms with van der Waals surface area (Å²) < 4.78 is 38.4. The molecule has 0 saturated heterocycles. The Kier molecular flexibility index (Phi) is 7.32. The number of hydrogen-bond donors (Lipinski definition) is 2. The lowest BCUT2D eigenvalue weighted by atomic mass is 10.1. The van der Waals surface area contributed by atoms with E-state index < -0.39 is 11.7 Å². The normalized spacial score (nSPS) is 11.9. The van der Waals surface area contributed by atoms with Crippen molar-refractivity contribution in [3.63, 3.8) is 0 Å². The van der Waals surface area contributed by atoms with Gasteiger partial charge >= 0.3 is 6.18 Å². The Labute approximate surface area is 198 Å². The fourth-order valence-electron chi connectivity index (χ4n) is 3.28. The van der Waals surface area contributed by atoms with Gasteiger partial charge in [-0.05, 0) is 60.2 Å². The van der Waals surface area contributed by atoms with Crippen molar-refractivity contribution in [3.05, 3.63) is 89.4 Å². The van der Waals surface area contributed by atoms with Crippen LogP contribution in [0.15, 0.2) is 71.8 Å². The Morgan fingerprint density at radius 3 is 2.74 bits per heavy atom. The van der Waals surface area contributed by atoms with Crippen molar-refractivity contribution < 1.29 is 18.0 Å². The molecular formula is C25H21F3N4OS. The number of aromatic nitrogens is 3. The molecule has 1 amide bonds. The number of alkyl halides is 3. The predicted molar refractivity (Wildman–Crippen MR) is 128 cm³/mol. The highest BCUT2D eigenvalue weighted by Gasteiger charge is 2.30. The average molecular weight is 483 g/mol. The van der Waals surface area contributed by atoms with E-state index in [4.69, 9.17) is 0 Å². The number of carbonyl (C=O) groups is 1. The molecule has 0 bridgehead atoms. The number of hydrogen-bond acceptors (Lipinski definition) is 4. The maximum Gasteiger partial charge on any atom is 0.416 e. The number of fused-ring (bicyclic) bond motifs is 1. The number of pyridine rings is 1. The molecule has 2 aromatic carbocycles. The predicted octanol–water partition coefficient (Wildman–Crippen LogP) is 5.95. The monoisotopic (exact) mass is 482 g/mol. The number of nitrogens with zero attached hydrogens (tertiary/aromatic N) is 2. The molecular weight excluding hydrogens is 461 g/mol. The zero-order valence-electron chi connectivity index (χ0n) is 18.0. The Hall–Kier alpha value is -3.59. The van der Waals surface area contributed by atoms with Crippen LogP contribution in [0.5, 0.6) is 0 Å². The summed E-state index contributed by atoms with van der Waals surface area (Å²) in [5, 5.41) is 11.0. The number of aromatic amines is 1. The van der Waals surface area contributed by atoms with Crippen LogP contribution in [0.2, 0.25) is 0 Å². The van der Waals surface area contributed by atoms with Crippen molar-refractivity contribution in [2.24, 2.45) is 0 Å². The van der Waals surface area contributed by atoms with E-state index in [-0.39, 0.29) is 18.9 Å². The number of H-pyrrole nitrogens is 1. The minimum absolute atomic E-state index is 0.0579. The molecule has 0 atom stereocenters. The highest BCUT2D eigenvalue weighted by molar-refractivity contribution is 7.99. The number of amides is 1. The van der Waals surface area contributed by atoms with Crippen LogP contribution in [0, 0.1) is 0 Å². The first-order valence-electron chi connectivity index (χ1n) is 10.5. The van der Waals surface area contributed by atoms with Gasteiger partial charge in [-0.15, -0.1) is 11.8 Å². The molecule has 0 unspecified atom stereocenters. The van der Waals surface area contributed by atoms with Crippen molar-refractivity contribution in [1.82, 2.24) is 20.5 Å². The van der Waals surface area contributed by atoms with E-state index in [1.165, 1.54) is 17.8 Å². The van der Waals surface area contributed by atoms with Crippen LogP contribution < -0.4 is 5.32 Å². The van der Waals surface area contributed by atoms with E-state index in [1.54, 1.807) is 12.3 Å². The molecule has 0 spiro atoms. The van der Waals surface area contributed by atoms with E-state index >= 15 is 0 Å². The van der Waals surface area contributed by atoms with Crippen LogP contribution in [0.4, 0.5) is 13.2 Å². The second kappa shape index (κ2) is 10.6. The molecule has 5 nitrogen and oxygen atoms in total. The van der Waals surface area contributed by atoms with E-state index in [1.807, 2.05) is 48.6 Å². The lowest BCUT2D eigenvalue weighted by Gasteiger charge is -2.09. The number of benzene rings is 2. The Morgan fingerprint density at radius 2 is 1.94 bits per heavy atom. The maximum absolute atomic E-state index is 12.8. The Balaban J connectivity index is 1.27. The smallest absolute Gasteiger partial charge is 0.352 e. The van der Waals surface area contributed by atoms with Crippen molar-refractivity contribution in [2.75, 3.05) is 5.75 Å². The third-order valence-electron chi connectivity index (χ3n) is 5.01. The molecule has 0 fully saturated rings. The van der Waals surface area contributed by atoms with E-state index in [0.717, 1.165) is 39.3 Å². The first kappa shape index (κ1) is 23.6. The van der Waals surface area contributed by atoms with E-state index in [0.29, 0.717) is 11.3 Å². The molecule has 0 aliphatic heterocycles. The summed E-state index contributed by atoms with van der Waals surface area (Å²) in [6, 6.07) is 16.6. The lowest BCUT2D eigenvalue weighted by Crippen LogP contribution is -2.23. The van der Waals surface area contributed by atoms with Crippen LogP contribution in [-0.2, 0) is 17.5 Å². The van der Waals surface area contributed by atoms with Crippen molar-refractivity contribution in [3.8, 4) is 0 Å². The molecule has 9 heteroatoms. The standard InChI is InChI=1S/C25H21F3N4OS/c26-25(27,28)18-5-3-4-17(14-18)16-30-24(33)11-13-34-20-8-9-21-22(31-32-23(21)15-20)10-7-19-6-1-2-12-29-19/h1-10,12,14-15H,11,13,16H2,(H,30,33)(H,31,32)/b10-7+. The largest absolute Gasteiger partial charge is 0.416 e. The summed E-state index contributed by atoms with van der Waals surface area (Å²) in [6.07, 6.45) is 1.39. The molecule has 34 heavy (non-hydrogen) atoms. The number of halogens is 3. The number of rotatable bonds is 8. The fourth-order valence-corrected chi connectivity index (χ4v) is 4.17. The van der Waals surface area contributed by atoms with Crippen LogP contribution in [0.3, 0.4) is 0 Å². The van der Waals surface area contributed by atoms with E-state index in [2.05, 4.69) is 20.5 Å². The number of nitrogens with one attached hydrogen (secondary N) is 2. The summed E-state index contributed by atoms with van der Waals surface area (Å²) in [5.41, 5.74) is 2.23. The van der Waals surface area contributed by atoms with Gasteiger partial charge < -0.3 is 5.32 Å². The highest BCUT2D eigenvalue weighted by Crippen LogP contribution is 2.29. The van der Waals surface area contributed by atoms with Gasteiger partial charge in [-0.1, -0.05) is 18.2 Å². The van der Waals surface area contributed by atoms with E-state index in [9.17, 15) is 18.0 Å². The van der Waals surface area contributed by atoms with Gasteiger partial charge in [0.25, 0.3) is 0 Å². The summed E-state index contributed by atoms with van der Waals surface area (Å²) in [5.74, 6) is 0.329. The minimum atomic E-state index is -4.40. The van der Waals surface area contributed by atoms with Gasteiger partial charge in [0.05, 0.1) is 22.5 Å². The zero-order chi connectivity index (χ0) is 24.0. The molecule has 0 aliphatic carbocycles. The second-order valence-corrected chi connectivity index (χ2v) is 8.65. The molecule has 2 N–H and O–H groups in total. The Morgan fingerprint density at radius 1 is 1.06 bits per heavy atom. The molecule has 2 aromatic heterocycles. The third-order valence-corrected chi connectivity index (χ3v) is 6.00. The summed E-state index contributed by atoms with van der Waals surface area (Å²) in [6.45, 7) is 0.0579. The molecule has 0 aliphatic rings. The van der Waals surface area contributed by atoms with Gasteiger partial charge in [0.2, 0.25) is 5.91 Å². The quantitative estimate of drug-likeness (QED) is 0.305. The van der Waals surface area contributed by atoms with Gasteiger partial charge in [0.1, 0.15) is 0 Å². The molecule has 4 rings (SSSR count). The van der Waals surface area contributed by atoms with Crippen LogP contribution in [0.25, 0.3) is 23.1 Å². The van der Waals surface area contributed by atoms with Crippen molar-refractivity contribution >= 4 is 40.7 Å². The molecule has 2 heterocycles. The topological polar surface area (TPSA) is 70.7 Å². The minimum Gasteiger partial charge on any atom is -0.352 e. The van der Waals surface area contributed by atoms with Gasteiger partial charge in [0, 0.05) is 35.2 Å². The van der Waals surface area contributed by atoms with Gasteiger partial charge in [-0.25, -0.2) is 0 Å². The van der Waals surface area contributed by atoms with Crippen LogP contribution >= 0.6 is 11.8 Å². The molecule has 0 saturated carbocycles. The summed E-state index contributed by atoms with van der Waals surface area (Å²) >= 11 is 1.53. The van der Waals surface area contributed by atoms with Gasteiger partial charge in [0.15, 0.2) is 0 Å². The van der Waals surface area contributed by atoms with Gasteiger partial charge in [-0.3, -0.25) is 14.9 Å². The van der Waals surface area contributed by atoms with Crippen molar-refractivity contribution in [2.45, 2.75) is 24.0 Å². The first-order valence-corrected chi connectivity index (χ1v) is 11.5. The van der Waals surface area contributed by atoms with Gasteiger partial charge in [-0.2, -0.15) is 18.3 Å². The third kappa shape index (κ3) is 6.26. The maximum atomic E-state index is 12.8. The molecule has 0 radical (unpaired) electrons.